The maximum Gasteiger partial charge on any atom is 0.326 e. The third-order valence-electron chi connectivity index (χ3n) is 5.35. The second-order valence-electron chi connectivity index (χ2n) is 7.51. The SMILES string of the molecule is CC1=C(c2nc(-c3cccs3)no2)C(c2ccc(Cl)cc2)NC(=O)N1c1cccc(C)c1. The smallest absolute Gasteiger partial charge is 0.326 e. The monoisotopic (exact) mass is 462 g/mol. The minimum atomic E-state index is -0.461. The number of anilines is 1. The van der Waals surface area contributed by atoms with Crippen molar-refractivity contribution >= 4 is 40.2 Å². The van der Waals surface area contributed by atoms with Gasteiger partial charge >= 0.3 is 6.03 Å². The van der Waals surface area contributed by atoms with E-state index in [2.05, 4.69) is 15.5 Å². The fourth-order valence-corrected chi connectivity index (χ4v) is 4.62. The Morgan fingerprint density at radius 3 is 2.62 bits per heavy atom. The standard InChI is InChI=1S/C24H19ClN4O2S/c1-14-5-3-6-18(13-14)29-15(2)20(23-27-22(28-31-23)19-7-4-12-32-19)21(26-24(29)30)16-8-10-17(25)11-9-16/h3-13,21H,1-2H3,(H,26,30). The molecule has 0 fully saturated rings. The fourth-order valence-electron chi connectivity index (χ4n) is 3.84. The number of amides is 2. The van der Waals surface area contributed by atoms with E-state index in [0.717, 1.165) is 33.0 Å². The molecule has 1 atom stereocenters. The predicted octanol–water partition coefficient (Wildman–Crippen LogP) is 6.46. The van der Waals surface area contributed by atoms with Crippen LogP contribution in [0.5, 0.6) is 0 Å². The first-order valence-corrected chi connectivity index (χ1v) is 11.3. The summed E-state index contributed by atoms with van der Waals surface area (Å²) in [6.45, 7) is 3.89. The Morgan fingerprint density at radius 2 is 1.91 bits per heavy atom. The van der Waals surface area contributed by atoms with E-state index < -0.39 is 6.04 Å². The highest BCUT2D eigenvalue weighted by Crippen LogP contribution is 2.39. The van der Waals surface area contributed by atoms with E-state index >= 15 is 0 Å². The van der Waals surface area contributed by atoms with Crippen molar-refractivity contribution in [3.05, 3.63) is 93.8 Å². The lowest BCUT2D eigenvalue weighted by Gasteiger charge is -2.35. The first-order valence-electron chi connectivity index (χ1n) is 10.0. The van der Waals surface area contributed by atoms with Gasteiger partial charge in [-0.1, -0.05) is 47.1 Å². The molecule has 160 valence electrons. The van der Waals surface area contributed by atoms with Gasteiger partial charge in [0, 0.05) is 10.7 Å². The Hall–Kier alpha value is -3.42. The molecule has 4 aromatic rings. The van der Waals surface area contributed by atoms with Crippen LogP contribution in [0.2, 0.25) is 5.02 Å². The molecule has 1 aliphatic rings. The molecule has 0 spiro atoms. The maximum atomic E-state index is 13.2. The van der Waals surface area contributed by atoms with E-state index in [9.17, 15) is 4.79 Å². The molecule has 3 heterocycles. The first-order chi connectivity index (χ1) is 15.5. The first kappa shape index (κ1) is 20.5. The summed E-state index contributed by atoms with van der Waals surface area (Å²) in [5, 5.41) is 9.87. The average molecular weight is 463 g/mol. The van der Waals surface area contributed by atoms with Gasteiger partial charge in [0.15, 0.2) is 0 Å². The minimum Gasteiger partial charge on any atom is -0.334 e. The van der Waals surface area contributed by atoms with Crippen LogP contribution >= 0.6 is 22.9 Å². The normalized spacial score (nSPS) is 16.4. The number of aryl methyl sites for hydroxylation is 1. The van der Waals surface area contributed by atoms with E-state index in [-0.39, 0.29) is 6.03 Å². The van der Waals surface area contributed by atoms with Crippen molar-refractivity contribution < 1.29 is 9.32 Å². The molecule has 0 aliphatic carbocycles. The van der Waals surface area contributed by atoms with Crippen molar-refractivity contribution in [3.8, 4) is 10.7 Å². The van der Waals surface area contributed by atoms with Gasteiger partial charge in [-0.05, 0) is 60.7 Å². The Balaban J connectivity index is 1.67. The number of nitrogens with one attached hydrogen (secondary N) is 1. The van der Waals surface area contributed by atoms with Crippen LogP contribution in [0.15, 0.2) is 76.3 Å². The second-order valence-corrected chi connectivity index (χ2v) is 8.89. The molecular formula is C24H19ClN4O2S. The summed E-state index contributed by atoms with van der Waals surface area (Å²) in [4.78, 5) is 20.4. The van der Waals surface area contributed by atoms with Gasteiger partial charge in [-0.15, -0.1) is 11.3 Å². The van der Waals surface area contributed by atoms with Crippen LogP contribution in [0.25, 0.3) is 16.3 Å². The number of halogens is 1. The van der Waals surface area contributed by atoms with Gasteiger partial charge in [0.25, 0.3) is 5.89 Å². The summed E-state index contributed by atoms with van der Waals surface area (Å²) in [6, 6.07) is 18.4. The molecule has 2 aromatic carbocycles. The van der Waals surface area contributed by atoms with Gasteiger partial charge in [-0.25, -0.2) is 4.79 Å². The Morgan fingerprint density at radius 1 is 1.09 bits per heavy atom. The Bertz CT molecular complexity index is 1310. The van der Waals surface area contributed by atoms with Crippen molar-refractivity contribution in [2.75, 3.05) is 4.90 Å². The third-order valence-corrected chi connectivity index (χ3v) is 6.46. The number of benzene rings is 2. The molecule has 5 rings (SSSR count). The fraction of sp³-hybridized carbons (Fsp3) is 0.125. The third kappa shape index (κ3) is 3.70. The zero-order chi connectivity index (χ0) is 22.2. The highest BCUT2D eigenvalue weighted by atomic mass is 35.5. The average Bonchev–Trinajstić information content (AvgIpc) is 3.46. The zero-order valence-corrected chi connectivity index (χ0v) is 18.9. The summed E-state index contributed by atoms with van der Waals surface area (Å²) in [6.07, 6.45) is 0. The number of hydrogen-bond donors (Lipinski definition) is 1. The van der Waals surface area contributed by atoms with Crippen LogP contribution in [-0.2, 0) is 0 Å². The van der Waals surface area contributed by atoms with E-state index in [1.54, 1.807) is 17.0 Å². The summed E-state index contributed by atoms with van der Waals surface area (Å²) >= 11 is 7.63. The quantitative estimate of drug-likeness (QED) is 0.377. The molecule has 1 aliphatic heterocycles. The molecule has 1 unspecified atom stereocenters. The number of rotatable bonds is 4. The lowest BCUT2D eigenvalue weighted by Crippen LogP contribution is -2.46. The van der Waals surface area contributed by atoms with Gasteiger partial charge < -0.3 is 9.84 Å². The van der Waals surface area contributed by atoms with Gasteiger partial charge in [-0.2, -0.15) is 4.98 Å². The van der Waals surface area contributed by atoms with Crippen molar-refractivity contribution in [1.29, 1.82) is 0 Å². The van der Waals surface area contributed by atoms with Crippen molar-refractivity contribution in [1.82, 2.24) is 15.5 Å². The van der Waals surface area contributed by atoms with Gasteiger partial charge in [0.05, 0.1) is 22.2 Å². The maximum absolute atomic E-state index is 13.2. The van der Waals surface area contributed by atoms with Crippen LogP contribution in [-0.4, -0.2) is 16.2 Å². The van der Waals surface area contributed by atoms with E-state index in [4.69, 9.17) is 16.1 Å². The molecule has 8 heteroatoms. The van der Waals surface area contributed by atoms with Gasteiger partial charge in [0.1, 0.15) is 0 Å². The molecule has 2 amide bonds. The van der Waals surface area contributed by atoms with Crippen LogP contribution < -0.4 is 10.2 Å². The topological polar surface area (TPSA) is 71.3 Å². The number of nitrogens with zero attached hydrogens (tertiary/aromatic N) is 3. The van der Waals surface area contributed by atoms with Crippen LogP contribution in [0.1, 0.15) is 30.0 Å². The Kier molecular flexibility index (Phi) is 5.28. The number of carbonyl (C=O) groups is 1. The van der Waals surface area contributed by atoms with E-state index in [0.29, 0.717) is 16.7 Å². The number of aromatic nitrogens is 2. The molecule has 0 saturated carbocycles. The van der Waals surface area contributed by atoms with E-state index in [1.807, 2.05) is 67.8 Å². The molecule has 0 saturated heterocycles. The Labute approximate surface area is 194 Å². The van der Waals surface area contributed by atoms with Crippen LogP contribution in [0.3, 0.4) is 0 Å². The lowest BCUT2D eigenvalue weighted by molar-refractivity contribution is 0.244. The van der Waals surface area contributed by atoms with Crippen LogP contribution in [0, 0.1) is 6.92 Å². The molecule has 0 bridgehead atoms. The molecule has 32 heavy (non-hydrogen) atoms. The summed E-state index contributed by atoms with van der Waals surface area (Å²) in [7, 11) is 0. The summed E-state index contributed by atoms with van der Waals surface area (Å²) < 4.78 is 5.70. The number of hydrogen-bond acceptors (Lipinski definition) is 5. The zero-order valence-electron chi connectivity index (χ0n) is 17.4. The molecule has 6 nitrogen and oxygen atoms in total. The number of carbonyl (C=O) groups excluding carboxylic acids is 1. The summed E-state index contributed by atoms with van der Waals surface area (Å²) in [5.74, 6) is 0.882. The molecule has 2 aromatic heterocycles. The van der Waals surface area contributed by atoms with Crippen molar-refractivity contribution in [3.63, 3.8) is 0 Å². The van der Waals surface area contributed by atoms with Crippen molar-refractivity contribution in [2.24, 2.45) is 0 Å². The number of allylic oxidation sites excluding steroid dienone is 1. The highest BCUT2D eigenvalue weighted by Gasteiger charge is 2.36. The lowest BCUT2D eigenvalue weighted by atomic mass is 9.94. The molecule has 0 radical (unpaired) electrons. The van der Waals surface area contributed by atoms with E-state index in [1.165, 1.54) is 11.3 Å². The van der Waals surface area contributed by atoms with Gasteiger partial charge in [0.2, 0.25) is 5.82 Å². The second kappa shape index (κ2) is 8.26. The predicted molar refractivity (Wildman–Crippen MR) is 127 cm³/mol. The minimum absolute atomic E-state index is 0.227. The van der Waals surface area contributed by atoms with Crippen LogP contribution in [0.4, 0.5) is 10.5 Å². The molecule has 1 N–H and O–H groups in total. The number of urea groups is 1. The van der Waals surface area contributed by atoms with Crippen molar-refractivity contribution in [2.45, 2.75) is 19.9 Å². The highest BCUT2D eigenvalue weighted by molar-refractivity contribution is 7.13. The van der Waals surface area contributed by atoms with Gasteiger partial charge in [-0.3, -0.25) is 4.90 Å². The number of thiophene rings is 1. The summed E-state index contributed by atoms with van der Waals surface area (Å²) in [5.41, 5.74) is 4.16. The molecular weight excluding hydrogens is 444 g/mol. The largest absolute Gasteiger partial charge is 0.334 e.